The Morgan fingerprint density at radius 1 is 1.20 bits per heavy atom. The number of aryl methyl sites for hydroxylation is 1. The summed E-state index contributed by atoms with van der Waals surface area (Å²) in [7, 11) is 3.09. The van der Waals surface area contributed by atoms with Crippen LogP contribution in [0.15, 0.2) is 57.4 Å². The molecule has 0 spiro atoms. The Morgan fingerprint density at radius 3 is 2.50 bits per heavy atom. The van der Waals surface area contributed by atoms with Crippen molar-refractivity contribution >= 4 is 33.0 Å². The number of benzene rings is 2. The fourth-order valence-corrected chi connectivity index (χ4v) is 3.29. The van der Waals surface area contributed by atoms with Crippen LogP contribution in [0.4, 0.5) is 0 Å². The molecule has 0 bridgehead atoms. The van der Waals surface area contributed by atoms with Gasteiger partial charge in [0.15, 0.2) is 11.5 Å². The molecule has 0 aliphatic carbocycles. The van der Waals surface area contributed by atoms with E-state index in [0.717, 1.165) is 4.47 Å². The Hall–Kier alpha value is -3.13. The summed E-state index contributed by atoms with van der Waals surface area (Å²) in [6, 6.07) is 8.92. The molecule has 3 rings (SSSR count). The molecule has 30 heavy (non-hydrogen) atoms. The molecule has 1 heterocycles. The maximum atomic E-state index is 13.0. The summed E-state index contributed by atoms with van der Waals surface area (Å²) in [5, 5.41) is 4.89. The second kappa shape index (κ2) is 9.58. The predicted octanol–water partition coefficient (Wildman–Crippen LogP) is 4.19. The third kappa shape index (κ3) is 4.38. The minimum Gasteiger partial charge on any atom is -0.493 e. The van der Waals surface area contributed by atoms with Crippen molar-refractivity contribution in [2.24, 2.45) is 5.10 Å². The first-order valence-corrected chi connectivity index (χ1v) is 10.1. The molecule has 2 aromatic carbocycles. The van der Waals surface area contributed by atoms with Gasteiger partial charge in [0, 0.05) is 16.5 Å². The van der Waals surface area contributed by atoms with Crippen molar-refractivity contribution in [2.45, 2.75) is 13.3 Å². The van der Waals surface area contributed by atoms with Crippen molar-refractivity contribution in [3.8, 4) is 17.2 Å². The zero-order valence-corrected chi connectivity index (χ0v) is 18.6. The first-order valence-electron chi connectivity index (χ1n) is 9.27. The molecule has 0 N–H and O–H groups in total. The van der Waals surface area contributed by atoms with Crippen molar-refractivity contribution in [1.82, 2.24) is 9.66 Å². The fourth-order valence-electron chi connectivity index (χ4n) is 2.93. The van der Waals surface area contributed by atoms with E-state index in [0.29, 0.717) is 52.6 Å². The number of aromatic nitrogens is 2. The van der Waals surface area contributed by atoms with Gasteiger partial charge in [-0.25, -0.2) is 4.98 Å². The average molecular weight is 472 g/mol. The number of fused-ring (bicyclic) bond motifs is 1. The molecule has 0 saturated heterocycles. The molecule has 0 atom stereocenters. The molecule has 8 heteroatoms. The topological polar surface area (TPSA) is 74.9 Å². The van der Waals surface area contributed by atoms with Gasteiger partial charge in [-0.15, -0.1) is 0 Å². The average Bonchev–Trinajstić information content (AvgIpc) is 2.76. The summed E-state index contributed by atoms with van der Waals surface area (Å²) in [6.45, 7) is 5.89. The van der Waals surface area contributed by atoms with Gasteiger partial charge in [0.1, 0.15) is 12.4 Å². The second-order valence-electron chi connectivity index (χ2n) is 6.26. The van der Waals surface area contributed by atoms with Gasteiger partial charge in [-0.3, -0.25) is 4.79 Å². The third-order valence-corrected chi connectivity index (χ3v) is 4.84. The van der Waals surface area contributed by atoms with Crippen LogP contribution < -0.4 is 19.8 Å². The Morgan fingerprint density at radius 2 is 1.90 bits per heavy atom. The standard InChI is InChI=1S/C22H22BrN3O4/c1-5-9-30-21-18(28-3)10-14(11-19(21)29-4)13-24-26-20(6-2)25-17-8-7-15(23)12-16(17)22(26)27/h5,7-8,10-13H,1,6,9H2,2-4H3. The van der Waals surface area contributed by atoms with Crippen LogP contribution in [-0.2, 0) is 6.42 Å². The lowest BCUT2D eigenvalue weighted by atomic mass is 10.2. The van der Waals surface area contributed by atoms with E-state index in [9.17, 15) is 4.79 Å². The molecule has 7 nitrogen and oxygen atoms in total. The molecule has 0 aliphatic rings. The van der Waals surface area contributed by atoms with Gasteiger partial charge in [-0.05, 0) is 30.3 Å². The van der Waals surface area contributed by atoms with Crippen molar-refractivity contribution in [1.29, 1.82) is 0 Å². The van der Waals surface area contributed by atoms with Gasteiger partial charge in [0.2, 0.25) is 5.75 Å². The van der Waals surface area contributed by atoms with Crippen molar-refractivity contribution in [2.75, 3.05) is 20.8 Å². The van der Waals surface area contributed by atoms with Gasteiger partial charge in [0.25, 0.3) is 5.56 Å². The number of hydrogen-bond donors (Lipinski definition) is 0. The highest BCUT2D eigenvalue weighted by atomic mass is 79.9. The van der Waals surface area contributed by atoms with Gasteiger partial charge in [-0.1, -0.05) is 35.5 Å². The molecule has 0 unspecified atom stereocenters. The van der Waals surface area contributed by atoms with E-state index in [-0.39, 0.29) is 5.56 Å². The molecule has 0 aliphatic heterocycles. The minimum atomic E-state index is -0.237. The monoisotopic (exact) mass is 471 g/mol. The summed E-state index contributed by atoms with van der Waals surface area (Å²) < 4.78 is 18.6. The molecule has 1 aromatic heterocycles. The van der Waals surface area contributed by atoms with Crippen LogP contribution in [0, 0.1) is 0 Å². The summed E-state index contributed by atoms with van der Waals surface area (Å²) in [6.07, 6.45) is 3.76. The lowest BCUT2D eigenvalue weighted by molar-refractivity contribution is 0.301. The summed E-state index contributed by atoms with van der Waals surface area (Å²) in [5.74, 6) is 2.01. The van der Waals surface area contributed by atoms with Crippen molar-refractivity contribution in [3.63, 3.8) is 0 Å². The van der Waals surface area contributed by atoms with E-state index in [1.54, 1.807) is 44.7 Å². The molecule has 0 amide bonds. The predicted molar refractivity (Wildman–Crippen MR) is 121 cm³/mol. The second-order valence-corrected chi connectivity index (χ2v) is 7.17. The first-order chi connectivity index (χ1) is 14.5. The number of halogens is 1. The van der Waals surface area contributed by atoms with Gasteiger partial charge >= 0.3 is 0 Å². The SMILES string of the molecule is C=CCOc1c(OC)cc(C=Nn2c(CC)nc3ccc(Br)cc3c2=O)cc1OC. The highest BCUT2D eigenvalue weighted by Gasteiger charge is 2.14. The van der Waals surface area contributed by atoms with E-state index >= 15 is 0 Å². The van der Waals surface area contributed by atoms with Gasteiger partial charge < -0.3 is 14.2 Å². The Balaban J connectivity index is 2.09. The molecule has 0 saturated carbocycles. The number of rotatable bonds is 8. The van der Waals surface area contributed by atoms with Gasteiger partial charge in [0.05, 0.1) is 31.3 Å². The van der Waals surface area contributed by atoms with E-state index in [2.05, 4.69) is 32.6 Å². The quantitative estimate of drug-likeness (QED) is 0.363. The number of hydrogen-bond acceptors (Lipinski definition) is 6. The highest BCUT2D eigenvalue weighted by molar-refractivity contribution is 9.10. The third-order valence-electron chi connectivity index (χ3n) is 4.34. The maximum Gasteiger partial charge on any atom is 0.282 e. The maximum absolute atomic E-state index is 13.0. The summed E-state index contributed by atoms with van der Waals surface area (Å²) >= 11 is 3.40. The normalized spacial score (nSPS) is 11.1. The smallest absolute Gasteiger partial charge is 0.282 e. The number of nitrogens with zero attached hydrogens (tertiary/aromatic N) is 3. The van der Waals surface area contributed by atoms with E-state index < -0.39 is 0 Å². The summed E-state index contributed by atoms with van der Waals surface area (Å²) in [4.78, 5) is 17.6. The Kier molecular flexibility index (Phi) is 6.89. The van der Waals surface area contributed by atoms with Crippen LogP contribution in [0.1, 0.15) is 18.3 Å². The Bertz CT molecular complexity index is 1150. The number of methoxy groups -OCH3 is 2. The highest BCUT2D eigenvalue weighted by Crippen LogP contribution is 2.38. The minimum absolute atomic E-state index is 0.237. The lowest BCUT2D eigenvalue weighted by Gasteiger charge is -2.14. The van der Waals surface area contributed by atoms with Crippen molar-refractivity contribution in [3.05, 3.63) is 69.2 Å². The molecule has 3 aromatic rings. The molecular formula is C22H22BrN3O4. The van der Waals surface area contributed by atoms with Crippen LogP contribution in [0.25, 0.3) is 10.9 Å². The molecular weight excluding hydrogens is 450 g/mol. The van der Waals surface area contributed by atoms with Crippen LogP contribution in [0.5, 0.6) is 17.2 Å². The van der Waals surface area contributed by atoms with Crippen LogP contribution >= 0.6 is 15.9 Å². The zero-order chi connectivity index (χ0) is 21.7. The molecule has 0 fully saturated rings. The van der Waals surface area contributed by atoms with E-state index in [4.69, 9.17) is 14.2 Å². The molecule has 156 valence electrons. The largest absolute Gasteiger partial charge is 0.493 e. The lowest BCUT2D eigenvalue weighted by Crippen LogP contribution is -2.22. The van der Waals surface area contributed by atoms with Crippen LogP contribution in [-0.4, -0.2) is 36.7 Å². The van der Waals surface area contributed by atoms with Crippen molar-refractivity contribution < 1.29 is 14.2 Å². The first kappa shape index (κ1) is 21.6. The summed E-state index contributed by atoms with van der Waals surface area (Å²) in [5.41, 5.74) is 1.08. The van der Waals surface area contributed by atoms with E-state index in [1.165, 1.54) is 4.68 Å². The fraction of sp³-hybridized carbons (Fsp3) is 0.227. The van der Waals surface area contributed by atoms with Crippen LogP contribution in [0.2, 0.25) is 0 Å². The Labute approximate surface area is 182 Å². The van der Waals surface area contributed by atoms with Gasteiger partial charge in [-0.2, -0.15) is 9.78 Å². The zero-order valence-electron chi connectivity index (χ0n) is 17.0. The molecule has 0 radical (unpaired) electrons. The van der Waals surface area contributed by atoms with E-state index in [1.807, 2.05) is 19.1 Å². The van der Waals surface area contributed by atoms with Crippen LogP contribution in [0.3, 0.4) is 0 Å². The number of ether oxygens (including phenoxy) is 3.